The molecule has 5 nitrogen and oxygen atoms in total. The van der Waals surface area contributed by atoms with Crippen molar-refractivity contribution in [3.63, 3.8) is 0 Å². The van der Waals surface area contributed by atoms with Crippen molar-refractivity contribution < 1.29 is 8.78 Å². The molecule has 0 radical (unpaired) electrons. The molecule has 1 aromatic carbocycles. The summed E-state index contributed by atoms with van der Waals surface area (Å²) in [5, 5.41) is 6.42. The quantitative estimate of drug-likeness (QED) is 0.670. The number of rotatable bonds is 5. The third kappa shape index (κ3) is 4.19. The maximum Gasteiger partial charge on any atom is 0.225 e. The molecule has 0 atom stereocenters. The Morgan fingerprint density at radius 2 is 1.67 bits per heavy atom. The molecule has 0 saturated heterocycles. The molecule has 4 rings (SSSR count). The monoisotopic (exact) mass is 367 g/mol. The molecule has 1 aliphatic carbocycles. The van der Waals surface area contributed by atoms with Gasteiger partial charge in [-0.2, -0.15) is 4.98 Å². The van der Waals surface area contributed by atoms with Gasteiger partial charge < -0.3 is 10.6 Å². The number of pyridine rings is 1. The van der Waals surface area contributed by atoms with Crippen molar-refractivity contribution in [1.82, 2.24) is 15.0 Å². The van der Waals surface area contributed by atoms with Gasteiger partial charge in [0, 0.05) is 41.8 Å². The van der Waals surface area contributed by atoms with Gasteiger partial charge in [-0.3, -0.25) is 4.98 Å². The van der Waals surface area contributed by atoms with E-state index >= 15 is 0 Å². The average Bonchev–Trinajstić information content (AvgIpc) is 3.18. The number of hydrogen-bond donors (Lipinski definition) is 2. The Bertz CT molecular complexity index is 927. The smallest absolute Gasteiger partial charge is 0.225 e. The largest absolute Gasteiger partial charge is 0.351 e. The van der Waals surface area contributed by atoms with Gasteiger partial charge in [0.25, 0.3) is 0 Å². The highest BCUT2D eigenvalue weighted by Crippen LogP contribution is 2.26. The van der Waals surface area contributed by atoms with Crippen LogP contribution in [0.3, 0.4) is 0 Å². The summed E-state index contributed by atoms with van der Waals surface area (Å²) in [6.07, 6.45) is 7.97. The Balaban J connectivity index is 1.67. The second-order valence-corrected chi connectivity index (χ2v) is 6.58. The normalized spacial score (nSPS) is 14.3. The van der Waals surface area contributed by atoms with E-state index < -0.39 is 11.6 Å². The molecule has 2 aromatic heterocycles. The van der Waals surface area contributed by atoms with E-state index in [0.717, 1.165) is 36.2 Å². The lowest BCUT2D eigenvalue weighted by Crippen LogP contribution is -2.17. The van der Waals surface area contributed by atoms with Gasteiger partial charge >= 0.3 is 0 Å². The molecule has 0 unspecified atom stereocenters. The van der Waals surface area contributed by atoms with Gasteiger partial charge in [-0.1, -0.05) is 12.8 Å². The molecule has 1 fully saturated rings. The molecular weight excluding hydrogens is 348 g/mol. The molecule has 138 valence electrons. The number of hydrogen-bond acceptors (Lipinski definition) is 5. The topological polar surface area (TPSA) is 62.7 Å². The zero-order valence-electron chi connectivity index (χ0n) is 14.6. The average molecular weight is 367 g/mol. The van der Waals surface area contributed by atoms with Crippen molar-refractivity contribution in [2.45, 2.75) is 31.7 Å². The third-order valence-electron chi connectivity index (χ3n) is 4.58. The summed E-state index contributed by atoms with van der Waals surface area (Å²) in [5.74, 6) is -0.776. The van der Waals surface area contributed by atoms with E-state index in [1.54, 1.807) is 18.5 Å². The van der Waals surface area contributed by atoms with Crippen LogP contribution in [0.4, 0.5) is 26.2 Å². The van der Waals surface area contributed by atoms with Crippen LogP contribution >= 0.6 is 0 Å². The molecule has 3 aromatic rings. The number of nitrogens with one attached hydrogen (secondary N) is 2. The van der Waals surface area contributed by atoms with Crippen LogP contribution in [0.5, 0.6) is 0 Å². The van der Waals surface area contributed by atoms with E-state index in [1.807, 2.05) is 12.1 Å². The first-order chi connectivity index (χ1) is 13.2. The fourth-order valence-corrected chi connectivity index (χ4v) is 3.22. The van der Waals surface area contributed by atoms with Crippen LogP contribution in [0, 0.1) is 11.6 Å². The summed E-state index contributed by atoms with van der Waals surface area (Å²) < 4.78 is 26.7. The van der Waals surface area contributed by atoms with Crippen molar-refractivity contribution in [3.05, 3.63) is 60.4 Å². The second kappa shape index (κ2) is 7.65. The van der Waals surface area contributed by atoms with Crippen molar-refractivity contribution in [2.75, 3.05) is 10.6 Å². The van der Waals surface area contributed by atoms with Gasteiger partial charge in [0.2, 0.25) is 5.95 Å². The molecule has 0 bridgehead atoms. The number of aromatic nitrogens is 3. The molecule has 0 amide bonds. The molecule has 2 N–H and O–H groups in total. The highest BCUT2D eigenvalue weighted by molar-refractivity contribution is 5.67. The zero-order chi connectivity index (χ0) is 18.6. The first-order valence-corrected chi connectivity index (χ1v) is 8.95. The number of nitrogens with zero attached hydrogens (tertiary/aromatic N) is 3. The van der Waals surface area contributed by atoms with Crippen LogP contribution in [0.15, 0.2) is 48.8 Å². The summed E-state index contributed by atoms with van der Waals surface area (Å²) in [6.45, 7) is 0. The Morgan fingerprint density at radius 3 is 2.41 bits per heavy atom. The summed E-state index contributed by atoms with van der Waals surface area (Å²) in [6, 6.07) is 9.52. The predicted octanol–water partition coefficient (Wildman–Crippen LogP) is 4.91. The van der Waals surface area contributed by atoms with Crippen LogP contribution in [-0.4, -0.2) is 21.0 Å². The summed E-state index contributed by atoms with van der Waals surface area (Å²) in [5.41, 5.74) is 2.04. The van der Waals surface area contributed by atoms with E-state index in [4.69, 9.17) is 0 Å². The number of anilines is 3. The first kappa shape index (κ1) is 17.3. The van der Waals surface area contributed by atoms with E-state index in [0.29, 0.717) is 23.5 Å². The SMILES string of the molecule is Fc1ccc(Nc2cc(-c3ccncc3)nc(NC3CCCC3)n2)cc1F. The predicted molar refractivity (Wildman–Crippen MR) is 101 cm³/mol. The Hall–Kier alpha value is -3.09. The third-order valence-corrected chi connectivity index (χ3v) is 4.58. The van der Waals surface area contributed by atoms with Gasteiger partial charge in [-0.15, -0.1) is 0 Å². The van der Waals surface area contributed by atoms with Gasteiger partial charge in [0.05, 0.1) is 5.69 Å². The molecule has 27 heavy (non-hydrogen) atoms. The van der Waals surface area contributed by atoms with Gasteiger partial charge in [0.15, 0.2) is 11.6 Å². The van der Waals surface area contributed by atoms with Crippen LogP contribution < -0.4 is 10.6 Å². The van der Waals surface area contributed by atoms with Crippen molar-refractivity contribution in [3.8, 4) is 11.3 Å². The maximum absolute atomic E-state index is 13.5. The van der Waals surface area contributed by atoms with Crippen LogP contribution in [0.25, 0.3) is 11.3 Å². The molecular formula is C20H19F2N5. The van der Waals surface area contributed by atoms with Crippen molar-refractivity contribution >= 4 is 17.5 Å². The minimum absolute atomic E-state index is 0.355. The number of halogens is 2. The van der Waals surface area contributed by atoms with E-state index in [-0.39, 0.29) is 0 Å². The minimum atomic E-state index is -0.910. The van der Waals surface area contributed by atoms with E-state index in [1.165, 1.54) is 18.9 Å². The Labute approximate surface area is 155 Å². The van der Waals surface area contributed by atoms with Crippen molar-refractivity contribution in [2.24, 2.45) is 0 Å². The summed E-state index contributed by atoms with van der Waals surface area (Å²) in [7, 11) is 0. The highest BCUT2D eigenvalue weighted by Gasteiger charge is 2.17. The molecule has 0 aliphatic heterocycles. The summed E-state index contributed by atoms with van der Waals surface area (Å²) in [4.78, 5) is 13.2. The lowest BCUT2D eigenvalue weighted by atomic mass is 10.2. The number of benzene rings is 1. The van der Waals surface area contributed by atoms with Crippen LogP contribution in [0.1, 0.15) is 25.7 Å². The lowest BCUT2D eigenvalue weighted by Gasteiger charge is -2.15. The molecule has 0 spiro atoms. The van der Waals surface area contributed by atoms with Gasteiger partial charge in [0.1, 0.15) is 5.82 Å². The molecule has 7 heteroatoms. The Morgan fingerprint density at radius 1 is 0.889 bits per heavy atom. The van der Waals surface area contributed by atoms with E-state index in [2.05, 4.69) is 25.6 Å². The standard InChI is InChI=1S/C20H19F2N5/c21-16-6-5-15(11-17(16)22)24-19-12-18(13-7-9-23-10-8-13)26-20(27-19)25-14-3-1-2-4-14/h5-12,14H,1-4H2,(H2,24,25,26,27). The highest BCUT2D eigenvalue weighted by atomic mass is 19.2. The van der Waals surface area contributed by atoms with E-state index in [9.17, 15) is 8.78 Å². The first-order valence-electron chi connectivity index (χ1n) is 8.95. The zero-order valence-corrected chi connectivity index (χ0v) is 14.6. The summed E-state index contributed by atoms with van der Waals surface area (Å²) >= 11 is 0. The molecule has 1 aliphatic rings. The van der Waals surface area contributed by atoms with Crippen LogP contribution in [0.2, 0.25) is 0 Å². The van der Waals surface area contributed by atoms with Gasteiger partial charge in [-0.05, 0) is 37.1 Å². The Kier molecular flexibility index (Phi) is 4.91. The fraction of sp³-hybridized carbons (Fsp3) is 0.250. The molecule has 2 heterocycles. The van der Waals surface area contributed by atoms with Gasteiger partial charge in [-0.25, -0.2) is 13.8 Å². The molecule has 1 saturated carbocycles. The van der Waals surface area contributed by atoms with Crippen molar-refractivity contribution in [1.29, 1.82) is 0 Å². The lowest BCUT2D eigenvalue weighted by molar-refractivity contribution is 0.509. The second-order valence-electron chi connectivity index (χ2n) is 6.58. The maximum atomic E-state index is 13.5. The van der Waals surface area contributed by atoms with Crippen LogP contribution in [-0.2, 0) is 0 Å². The minimum Gasteiger partial charge on any atom is -0.351 e. The fourth-order valence-electron chi connectivity index (χ4n) is 3.22.